The van der Waals surface area contributed by atoms with Crippen LogP contribution in [0.3, 0.4) is 0 Å². The molecule has 144 valence electrons. The van der Waals surface area contributed by atoms with Crippen molar-refractivity contribution in [3.8, 4) is 10.6 Å². The lowest BCUT2D eigenvalue weighted by Gasteiger charge is -2.12. The van der Waals surface area contributed by atoms with Crippen LogP contribution in [0.1, 0.15) is 11.3 Å². The van der Waals surface area contributed by atoms with Crippen molar-refractivity contribution in [2.24, 2.45) is 0 Å². The van der Waals surface area contributed by atoms with Crippen molar-refractivity contribution in [2.45, 2.75) is 18.2 Å². The molecule has 0 aliphatic heterocycles. The number of nitrogens with one attached hydrogen (secondary N) is 1. The van der Waals surface area contributed by atoms with Crippen LogP contribution in [0.5, 0.6) is 0 Å². The molecule has 0 saturated heterocycles. The van der Waals surface area contributed by atoms with Crippen molar-refractivity contribution in [1.29, 1.82) is 0 Å². The number of benzene rings is 2. The van der Waals surface area contributed by atoms with E-state index in [0.29, 0.717) is 10.6 Å². The number of rotatable bonds is 5. The van der Waals surface area contributed by atoms with Gasteiger partial charge >= 0.3 is 0 Å². The van der Waals surface area contributed by atoms with Gasteiger partial charge in [-0.3, -0.25) is 9.59 Å². The zero-order chi connectivity index (χ0) is 20.1. The summed E-state index contributed by atoms with van der Waals surface area (Å²) in [5.74, 6) is -0.161. The smallest absolute Gasteiger partial charge is 0.286 e. The van der Waals surface area contributed by atoms with Crippen LogP contribution in [0.4, 0.5) is 10.5 Å². The Morgan fingerprint density at radius 1 is 1.11 bits per heavy atom. The summed E-state index contributed by atoms with van der Waals surface area (Å²) < 4.78 is 0. The normalized spacial score (nSPS) is 10.5. The van der Waals surface area contributed by atoms with E-state index >= 15 is 0 Å². The Morgan fingerprint density at radius 2 is 1.82 bits per heavy atom. The highest BCUT2D eigenvalue weighted by Crippen LogP contribution is 2.29. The van der Waals surface area contributed by atoms with E-state index in [1.807, 2.05) is 54.8 Å². The van der Waals surface area contributed by atoms with E-state index in [9.17, 15) is 9.59 Å². The lowest BCUT2D eigenvalue weighted by molar-refractivity contribution is -0.115. The van der Waals surface area contributed by atoms with Crippen LogP contribution < -0.4 is 5.32 Å². The van der Waals surface area contributed by atoms with Crippen LogP contribution in [0, 0.1) is 6.92 Å². The molecule has 0 atom stereocenters. The minimum Gasteiger partial charge on any atom is -0.339 e. The fourth-order valence-corrected chi connectivity index (χ4v) is 3.99. The second-order valence-corrected chi connectivity index (χ2v) is 8.34. The summed E-state index contributed by atoms with van der Waals surface area (Å²) in [5, 5.41) is 5.61. The van der Waals surface area contributed by atoms with Crippen LogP contribution in [0.25, 0.3) is 10.6 Å². The summed E-state index contributed by atoms with van der Waals surface area (Å²) in [5.41, 5.74) is 3.60. The van der Waals surface area contributed by atoms with Gasteiger partial charge in [-0.1, -0.05) is 42.0 Å². The summed E-state index contributed by atoms with van der Waals surface area (Å²) in [6, 6.07) is 15.5. The lowest BCUT2D eigenvalue weighted by Crippen LogP contribution is -2.18. The predicted octanol–water partition coefficient (Wildman–Crippen LogP) is 5.07. The Balaban J connectivity index is 1.67. The number of anilines is 1. The highest BCUT2D eigenvalue weighted by molar-refractivity contribution is 8.13. The van der Waals surface area contributed by atoms with E-state index in [4.69, 9.17) is 0 Å². The third kappa shape index (κ3) is 5.21. The molecule has 28 heavy (non-hydrogen) atoms. The summed E-state index contributed by atoms with van der Waals surface area (Å²) in [6.07, 6.45) is 0.184. The van der Waals surface area contributed by atoms with Crippen LogP contribution in [0.15, 0.2) is 58.8 Å². The number of aryl methyl sites for hydroxylation is 1. The first-order chi connectivity index (χ1) is 13.4. The van der Waals surface area contributed by atoms with Gasteiger partial charge in [0.05, 0.1) is 17.8 Å². The fraction of sp³-hybridized carbons (Fsp3) is 0.190. The van der Waals surface area contributed by atoms with E-state index in [-0.39, 0.29) is 17.6 Å². The Morgan fingerprint density at radius 3 is 2.54 bits per heavy atom. The molecule has 0 radical (unpaired) electrons. The molecule has 0 bridgehead atoms. The molecule has 0 fully saturated rings. The van der Waals surface area contributed by atoms with Crippen LogP contribution >= 0.6 is 23.1 Å². The zero-order valence-corrected chi connectivity index (χ0v) is 17.6. The van der Waals surface area contributed by atoms with Gasteiger partial charge in [-0.2, -0.15) is 0 Å². The van der Waals surface area contributed by atoms with Gasteiger partial charge in [-0.15, -0.1) is 11.3 Å². The first-order valence-corrected chi connectivity index (χ1v) is 10.4. The summed E-state index contributed by atoms with van der Waals surface area (Å²) in [4.78, 5) is 31.3. The number of carbonyl (C=O) groups is 2. The maximum Gasteiger partial charge on any atom is 0.286 e. The average molecular weight is 412 g/mol. The van der Waals surface area contributed by atoms with Crippen LogP contribution in [0.2, 0.25) is 0 Å². The monoisotopic (exact) mass is 411 g/mol. The number of nitrogens with zero attached hydrogens (tertiary/aromatic N) is 2. The van der Waals surface area contributed by atoms with Crippen molar-refractivity contribution in [3.63, 3.8) is 0 Å². The van der Waals surface area contributed by atoms with E-state index in [1.165, 1.54) is 21.8 Å². The first-order valence-electron chi connectivity index (χ1n) is 8.72. The Labute approximate surface area is 172 Å². The van der Waals surface area contributed by atoms with Gasteiger partial charge in [0.25, 0.3) is 5.24 Å². The Kier molecular flexibility index (Phi) is 6.49. The topological polar surface area (TPSA) is 62.3 Å². The van der Waals surface area contributed by atoms with Gasteiger partial charge in [0.15, 0.2) is 0 Å². The maximum atomic E-state index is 12.5. The second-order valence-electron chi connectivity index (χ2n) is 6.49. The van der Waals surface area contributed by atoms with E-state index < -0.39 is 0 Å². The Bertz CT molecular complexity index is 981. The molecule has 0 saturated carbocycles. The lowest BCUT2D eigenvalue weighted by atomic mass is 10.2. The molecule has 0 unspecified atom stereocenters. The van der Waals surface area contributed by atoms with E-state index in [0.717, 1.165) is 28.0 Å². The number of thioether (sulfide) groups is 1. The maximum absolute atomic E-state index is 12.5. The third-order valence-electron chi connectivity index (χ3n) is 3.92. The molecule has 0 spiro atoms. The van der Waals surface area contributed by atoms with Gasteiger partial charge in [-0.25, -0.2) is 4.98 Å². The molecule has 3 rings (SSSR count). The van der Waals surface area contributed by atoms with Gasteiger partial charge in [-0.05, 0) is 30.8 Å². The second kappa shape index (κ2) is 9.03. The molecular weight excluding hydrogens is 390 g/mol. The predicted molar refractivity (Wildman–Crippen MR) is 116 cm³/mol. The molecule has 0 aliphatic rings. The minimum absolute atomic E-state index is 0.0936. The molecule has 2 amide bonds. The standard InChI is InChI=1S/C21H21N3O2S2/c1-14-8-10-15(11-9-14)20-22-16(13-27-20)12-19(25)23-17-6-4-5-7-18(17)28-21(26)24(2)3/h4-11,13H,12H2,1-3H3,(H,23,25). The van der Waals surface area contributed by atoms with Crippen molar-refractivity contribution < 1.29 is 9.59 Å². The first kappa shape index (κ1) is 20.1. The number of carbonyl (C=O) groups excluding carboxylic acids is 2. The highest BCUT2D eigenvalue weighted by atomic mass is 32.2. The van der Waals surface area contributed by atoms with Crippen LogP contribution in [-0.2, 0) is 11.2 Å². The quantitative estimate of drug-likeness (QED) is 0.595. The van der Waals surface area contributed by atoms with Gasteiger partial charge in [0, 0.05) is 29.9 Å². The number of thiazole rings is 1. The van der Waals surface area contributed by atoms with E-state index in [2.05, 4.69) is 10.3 Å². The van der Waals surface area contributed by atoms with Gasteiger partial charge < -0.3 is 10.2 Å². The molecular formula is C21H21N3O2S2. The fourth-order valence-electron chi connectivity index (χ4n) is 2.42. The zero-order valence-electron chi connectivity index (χ0n) is 15.9. The molecule has 3 aromatic rings. The van der Waals surface area contributed by atoms with Crippen molar-refractivity contribution in [2.75, 3.05) is 19.4 Å². The molecule has 5 nitrogen and oxygen atoms in total. The van der Waals surface area contributed by atoms with Gasteiger partial charge in [0.1, 0.15) is 5.01 Å². The number of hydrogen-bond acceptors (Lipinski definition) is 5. The average Bonchev–Trinajstić information content (AvgIpc) is 3.12. The van der Waals surface area contributed by atoms with Crippen molar-refractivity contribution in [1.82, 2.24) is 9.88 Å². The molecule has 2 aromatic carbocycles. The van der Waals surface area contributed by atoms with E-state index in [1.54, 1.807) is 20.2 Å². The van der Waals surface area contributed by atoms with Gasteiger partial charge in [0.2, 0.25) is 5.91 Å². The number of aromatic nitrogens is 1. The van der Waals surface area contributed by atoms with Crippen LogP contribution in [-0.4, -0.2) is 35.1 Å². The summed E-state index contributed by atoms with van der Waals surface area (Å²) in [7, 11) is 3.40. The third-order valence-corrected chi connectivity index (χ3v) is 5.97. The van der Waals surface area contributed by atoms with Crippen molar-refractivity contribution >= 4 is 39.9 Å². The molecule has 1 aromatic heterocycles. The number of amides is 2. The highest BCUT2D eigenvalue weighted by Gasteiger charge is 2.14. The van der Waals surface area contributed by atoms with Crippen molar-refractivity contribution in [3.05, 3.63) is 65.2 Å². The molecule has 7 heteroatoms. The summed E-state index contributed by atoms with van der Waals surface area (Å²) >= 11 is 2.61. The minimum atomic E-state index is -0.161. The number of para-hydroxylation sites is 1. The Hall–Kier alpha value is -2.64. The molecule has 1 heterocycles. The summed E-state index contributed by atoms with van der Waals surface area (Å²) in [6.45, 7) is 2.05. The SMILES string of the molecule is Cc1ccc(-c2nc(CC(=O)Nc3ccccc3SC(=O)N(C)C)cs2)cc1. The molecule has 0 aliphatic carbocycles. The number of hydrogen-bond donors (Lipinski definition) is 1. The molecule has 1 N–H and O–H groups in total. The largest absolute Gasteiger partial charge is 0.339 e.